The number of carbonyl (C=O) groups is 2. The van der Waals surface area contributed by atoms with Crippen molar-refractivity contribution >= 4 is 50.9 Å². The highest BCUT2D eigenvalue weighted by Gasteiger charge is 2.58. The van der Waals surface area contributed by atoms with Crippen molar-refractivity contribution in [3.63, 3.8) is 0 Å². The van der Waals surface area contributed by atoms with Crippen molar-refractivity contribution in [2.24, 2.45) is 0 Å². The smallest absolute Gasteiger partial charge is 0.266 e. The van der Waals surface area contributed by atoms with Crippen LogP contribution in [0.5, 0.6) is 0 Å². The first kappa shape index (κ1) is 15.7. The van der Waals surface area contributed by atoms with E-state index in [0.29, 0.717) is 0 Å². The number of anilines is 2. The van der Waals surface area contributed by atoms with Crippen molar-refractivity contribution in [2.45, 2.75) is 18.7 Å². The summed E-state index contributed by atoms with van der Waals surface area (Å²) in [6.07, 6.45) is 0. The van der Waals surface area contributed by atoms with Crippen molar-refractivity contribution in [2.75, 3.05) is 16.0 Å². The number of hydrogen-bond acceptors (Lipinski definition) is 3. The number of halogens is 1. The van der Waals surface area contributed by atoms with Gasteiger partial charge in [-0.1, -0.05) is 22.0 Å². The molecule has 0 bridgehead atoms. The molecule has 4 nitrogen and oxygen atoms in total. The molecule has 0 aromatic heterocycles. The van der Waals surface area contributed by atoms with Gasteiger partial charge < -0.3 is 5.32 Å². The number of rotatable bonds is 1. The van der Waals surface area contributed by atoms with E-state index in [-0.39, 0.29) is 17.6 Å². The van der Waals surface area contributed by atoms with E-state index >= 15 is 0 Å². The van der Waals surface area contributed by atoms with Gasteiger partial charge >= 0.3 is 0 Å². The number of fused-ring (bicyclic) bond motifs is 2. The molecule has 1 unspecified atom stereocenters. The Kier molecular flexibility index (Phi) is 3.51. The fourth-order valence-corrected chi connectivity index (χ4v) is 5.14. The number of amides is 2. The molecular formula is C18H15BrN2O2S. The van der Waals surface area contributed by atoms with E-state index in [9.17, 15) is 9.59 Å². The van der Waals surface area contributed by atoms with Crippen LogP contribution in [0.15, 0.2) is 40.9 Å². The first-order valence-corrected chi connectivity index (χ1v) is 9.36. The van der Waals surface area contributed by atoms with E-state index in [4.69, 9.17) is 0 Å². The number of carbonyl (C=O) groups excluding carboxylic acids is 2. The second-order valence-corrected chi connectivity index (χ2v) is 8.24. The van der Waals surface area contributed by atoms with Gasteiger partial charge in [0.2, 0.25) is 10.8 Å². The van der Waals surface area contributed by atoms with Crippen molar-refractivity contribution in [3.8, 4) is 0 Å². The minimum atomic E-state index is -1.03. The standard InChI is InChI=1S/C18H15BrN2O2S/c1-10-5-11(2)7-13(6-10)21-16(22)9-24-18(21)14-8-12(19)3-4-15(14)20-17(18)23/h3-8H,9H2,1-2H3,(H,20,23). The molecule has 1 saturated heterocycles. The lowest BCUT2D eigenvalue weighted by molar-refractivity contribution is -0.122. The maximum absolute atomic E-state index is 12.9. The van der Waals surface area contributed by atoms with Crippen molar-refractivity contribution in [1.82, 2.24) is 0 Å². The number of nitrogens with one attached hydrogen (secondary N) is 1. The SMILES string of the molecule is Cc1cc(C)cc(N2C(=O)CSC23C(=O)Nc2ccc(Br)cc23)c1. The normalized spacial score (nSPS) is 22.2. The predicted molar refractivity (Wildman–Crippen MR) is 100 cm³/mol. The molecule has 1 spiro atoms. The highest BCUT2D eigenvalue weighted by molar-refractivity contribution is 9.10. The van der Waals surface area contributed by atoms with E-state index in [1.165, 1.54) is 11.8 Å². The third-order valence-electron chi connectivity index (χ3n) is 4.34. The van der Waals surface area contributed by atoms with Crippen LogP contribution in [0.3, 0.4) is 0 Å². The lowest BCUT2D eigenvalue weighted by Gasteiger charge is -2.32. The molecule has 6 heteroatoms. The molecule has 2 amide bonds. The zero-order chi connectivity index (χ0) is 17.1. The summed E-state index contributed by atoms with van der Waals surface area (Å²) < 4.78 is 0.887. The summed E-state index contributed by atoms with van der Waals surface area (Å²) >= 11 is 4.86. The molecule has 1 atom stereocenters. The van der Waals surface area contributed by atoms with Crippen molar-refractivity contribution < 1.29 is 9.59 Å². The van der Waals surface area contributed by atoms with E-state index in [2.05, 4.69) is 27.3 Å². The highest BCUT2D eigenvalue weighted by atomic mass is 79.9. The van der Waals surface area contributed by atoms with Crippen LogP contribution in [0, 0.1) is 13.8 Å². The number of aryl methyl sites for hydroxylation is 2. The van der Waals surface area contributed by atoms with Crippen LogP contribution in [-0.2, 0) is 14.5 Å². The molecule has 2 aliphatic heterocycles. The summed E-state index contributed by atoms with van der Waals surface area (Å²) in [6.45, 7) is 3.99. The van der Waals surface area contributed by atoms with Gasteiger partial charge in [0, 0.05) is 21.4 Å². The van der Waals surface area contributed by atoms with Crippen LogP contribution in [0.4, 0.5) is 11.4 Å². The van der Waals surface area contributed by atoms with Crippen LogP contribution < -0.4 is 10.2 Å². The second-order valence-electron chi connectivity index (χ2n) is 6.15. The monoisotopic (exact) mass is 402 g/mol. The Morgan fingerprint density at radius 1 is 1.12 bits per heavy atom. The summed E-state index contributed by atoms with van der Waals surface area (Å²) in [4.78, 5) is 26.3. The first-order chi connectivity index (χ1) is 11.4. The van der Waals surface area contributed by atoms with Gasteiger partial charge in [-0.25, -0.2) is 0 Å². The molecule has 2 aromatic carbocycles. The van der Waals surface area contributed by atoms with Crippen molar-refractivity contribution in [3.05, 3.63) is 57.6 Å². The Labute approximate surface area is 152 Å². The summed E-state index contributed by atoms with van der Waals surface area (Å²) in [5.74, 6) is 0.0744. The molecule has 2 aliphatic rings. The highest BCUT2D eigenvalue weighted by Crippen LogP contribution is 2.54. The van der Waals surface area contributed by atoms with Gasteiger partial charge in [-0.05, 0) is 55.3 Å². The van der Waals surface area contributed by atoms with E-state index in [1.54, 1.807) is 4.90 Å². The molecule has 0 saturated carbocycles. The van der Waals surface area contributed by atoms with Gasteiger partial charge in [-0.2, -0.15) is 0 Å². The lowest BCUT2D eigenvalue weighted by atomic mass is 10.0. The maximum atomic E-state index is 12.9. The molecule has 2 aromatic rings. The van der Waals surface area contributed by atoms with E-state index < -0.39 is 4.87 Å². The Bertz CT molecular complexity index is 878. The Hall–Kier alpha value is -1.79. The third kappa shape index (κ3) is 2.13. The van der Waals surface area contributed by atoms with Crippen LogP contribution in [0.25, 0.3) is 0 Å². The average Bonchev–Trinajstić information content (AvgIpc) is 2.98. The van der Waals surface area contributed by atoms with E-state index in [0.717, 1.165) is 32.5 Å². The summed E-state index contributed by atoms with van der Waals surface area (Å²) in [7, 11) is 0. The quantitative estimate of drug-likeness (QED) is 0.785. The first-order valence-electron chi connectivity index (χ1n) is 7.58. The summed E-state index contributed by atoms with van der Waals surface area (Å²) in [5.41, 5.74) is 4.50. The fourth-order valence-electron chi connectivity index (χ4n) is 3.48. The van der Waals surface area contributed by atoms with Gasteiger partial charge in [0.15, 0.2) is 0 Å². The third-order valence-corrected chi connectivity index (χ3v) is 6.23. The van der Waals surface area contributed by atoms with Gasteiger partial charge in [0.05, 0.1) is 5.75 Å². The zero-order valence-electron chi connectivity index (χ0n) is 13.2. The van der Waals surface area contributed by atoms with Crippen LogP contribution in [0.2, 0.25) is 0 Å². The topological polar surface area (TPSA) is 49.4 Å². The number of benzene rings is 2. The Morgan fingerprint density at radius 2 is 1.83 bits per heavy atom. The van der Waals surface area contributed by atoms with Gasteiger partial charge in [-0.15, -0.1) is 11.8 Å². The molecule has 1 N–H and O–H groups in total. The minimum absolute atomic E-state index is 0.0482. The van der Waals surface area contributed by atoms with Gasteiger partial charge in [-0.3, -0.25) is 14.5 Å². The number of nitrogens with zero attached hydrogens (tertiary/aromatic N) is 1. The largest absolute Gasteiger partial charge is 0.323 e. The molecule has 122 valence electrons. The molecule has 24 heavy (non-hydrogen) atoms. The zero-order valence-corrected chi connectivity index (χ0v) is 15.6. The van der Waals surface area contributed by atoms with Crippen LogP contribution >= 0.6 is 27.7 Å². The molecular weight excluding hydrogens is 388 g/mol. The maximum Gasteiger partial charge on any atom is 0.266 e. The van der Waals surface area contributed by atoms with Crippen molar-refractivity contribution in [1.29, 1.82) is 0 Å². The molecule has 0 aliphatic carbocycles. The predicted octanol–water partition coefficient (Wildman–Crippen LogP) is 3.95. The Balaban J connectivity index is 1.96. The van der Waals surface area contributed by atoms with Gasteiger partial charge in [0.1, 0.15) is 0 Å². The van der Waals surface area contributed by atoms with Crippen LogP contribution in [0.1, 0.15) is 16.7 Å². The average molecular weight is 403 g/mol. The molecule has 1 fully saturated rings. The fraction of sp³-hybridized carbons (Fsp3) is 0.222. The number of thioether (sulfide) groups is 1. The molecule has 0 radical (unpaired) electrons. The molecule has 4 rings (SSSR count). The minimum Gasteiger partial charge on any atom is -0.323 e. The summed E-state index contributed by atoms with van der Waals surface area (Å²) in [5, 5.41) is 2.93. The van der Waals surface area contributed by atoms with Gasteiger partial charge in [0.25, 0.3) is 5.91 Å². The van der Waals surface area contributed by atoms with Crippen LogP contribution in [-0.4, -0.2) is 17.6 Å². The Morgan fingerprint density at radius 3 is 2.54 bits per heavy atom. The second kappa shape index (κ2) is 5.36. The molecule has 2 heterocycles. The summed E-state index contributed by atoms with van der Waals surface area (Å²) in [6, 6.07) is 11.7. The lowest BCUT2D eigenvalue weighted by Crippen LogP contribution is -2.47. The number of hydrogen-bond donors (Lipinski definition) is 1. The van der Waals surface area contributed by atoms with E-state index in [1.807, 2.05) is 44.2 Å².